The van der Waals surface area contributed by atoms with E-state index in [2.05, 4.69) is 10.3 Å². The molecule has 0 fully saturated rings. The number of ketones is 1. The van der Waals surface area contributed by atoms with Crippen LogP contribution in [-0.2, 0) is 16.0 Å². The molecule has 0 saturated heterocycles. The fourth-order valence-corrected chi connectivity index (χ4v) is 3.88. The summed E-state index contributed by atoms with van der Waals surface area (Å²) in [5.41, 5.74) is 5.70. The van der Waals surface area contributed by atoms with Gasteiger partial charge in [0, 0.05) is 30.7 Å². The van der Waals surface area contributed by atoms with Crippen LogP contribution in [0.3, 0.4) is 0 Å². The van der Waals surface area contributed by atoms with E-state index < -0.39 is 0 Å². The molecule has 2 aromatic heterocycles. The summed E-state index contributed by atoms with van der Waals surface area (Å²) in [6, 6.07) is 15.4. The molecule has 0 bridgehead atoms. The zero-order chi connectivity index (χ0) is 23.5. The number of imidazole rings is 1. The monoisotopic (exact) mass is 443 g/mol. The summed E-state index contributed by atoms with van der Waals surface area (Å²) in [6.45, 7) is 3.04. The zero-order valence-electron chi connectivity index (χ0n) is 19.0. The second-order valence-corrected chi connectivity index (χ2v) is 7.81. The van der Waals surface area contributed by atoms with Gasteiger partial charge in [-0.3, -0.25) is 14.0 Å². The normalized spacial score (nSPS) is 10.8. The number of rotatable bonds is 7. The predicted molar refractivity (Wildman–Crippen MR) is 128 cm³/mol. The zero-order valence-corrected chi connectivity index (χ0v) is 19.0. The molecule has 0 saturated carbocycles. The molecule has 0 aliphatic heterocycles. The van der Waals surface area contributed by atoms with Gasteiger partial charge in [0.25, 0.3) is 0 Å². The average molecular weight is 444 g/mol. The first-order chi connectivity index (χ1) is 15.9. The predicted octanol–water partition coefficient (Wildman–Crippen LogP) is 4.78. The molecule has 4 rings (SSSR count). The molecule has 168 valence electrons. The number of nitrogens with zero attached hydrogens (tertiary/aromatic N) is 2. The number of anilines is 1. The van der Waals surface area contributed by atoms with Crippen LogP contribution in [0.25, 0.3) is 28.0 Å². The highest BCUT2D eigenvalue weighted by Gasteiger charge is 2.15. The molecule has 1 amide bonds. The van der Waals surface area contributed by atoms with Gasteiger partial charge in [0.1, 0.15) is 5.78 Å². The summed E-state index contributed by atoms with van der Waals surface area (Å²) >= 11 is 0. The van der Waals surface area contributed by atoms with E-state index in [1.165, 1.54) is 6.92 Å². The van der Waals surface area contributed by atoms with Crippen LogP contribution in [0, 0.1) is 0 Å². The number of fused-ring (bicyclic) bond motifs is 1. The minimum absolute atomic E-state index is 0.104. The van der Waals surface area contributed by atoms with Crippen molar-refractivity contribution in [3.63, 3.8) is 0 Å². The van der Waals surface area contributed by atoms with Crippen LogP contribution in [0.2, 0.25) is 0 Å². The Bertz CT molecular complexity index is 1360. The Balaban J connectivity index is 1.90. The molecule has 2 aromatic carbocycles. The van der Waals surface area contributed by atoms with Crippen LogP contribution >= 0.6 is 0 Å². The number of hydrogen-bond acceptors (Lipinski definition) is 5. The molecule has 33 heavy (non-hydrogen) atoms. The number of carbonyl (C=O) groups excluding carboxylic acids is 2. The van der Waals surface area contributed by atoms with Gasteiger partial charge in [-0.1, -0.05) is 24.3 Å². The van der Waals surface area contributed by atoms with Crippen LogP contribution in [0.5, 0.6) is 11.5 Å². The van der Waals surface area contributed by atoms with Crippen molar-refractivity contribution in [2.45, 2.75) is 20.3 Å². The fourth-order valence-electron chi connectivity index (χ4n) is 3.88. The van der Waals surface area contributed by atoms with Crippen LogP contribution in [0.1, 0.15) is 19.4 Å². The number of aromatic nitrogens is 2. The number of benzene rings is 2. The Hall–Kier alpha value is -4.13. The first-order valence-corrected chi connectivity index (χ1v) is 10.5. The van der Waals surface area contributed by atoms with Crippen LogP contribution in [0.15, 0.2) is 60.9 Å². The highest BCUT2D eigenvalue weighted by atomic mass is 16.5. The molecule has 0 unspecified atom stereocenters. The molecule has 1 N–H and O–H groups in total. The van der Waals surface area contributed by atoms with Gasteiger partial charge in [-0.25, -0.2) is 4.98 Å². The van der Waals surface area contributed by atoms with Gasteiger partial charge in [0.05, 0.1) is 31.8 Å². The molecule has 7 nitrogen and oxygen atoms in total. The van der Waals surface area contributed by atoms with Crippen molar-refractivity contribution >= 4 is 23.0 Å². The minimum atomic E-state index is -0.185. The van der Waals surface area contributed by atoms with E-state index in [0.717, 1.165) is 27.9 Å². The average Bonchev–Trinajstić information content (AvgIpc) is 3.22. The first kappa shape index (κ1) is 22.1. The third-order valence-corrected chi connectivity index (χ3v) is 5.31. The molecular formula is C26H25N3O4. The second-order valence-electron chi connectivity index (χ2n) is 7.81. The Kier molecular flexibility index (Phi) is 6.13. The molecular weight excluding hydrogens is 418 g/mol. The lowest BCUT2D eigenvalue weighted by Crippen LogP contribution is -2.08. The van der Waals surface area contributed by atoms with Gasteiger partial charge in [0.2, 0.25) is 5.91 Å². The van der Waals surface area contributed by atoms with Gasteiger partial charge in [-0.05, 0) is 42.3 Å². The SMILES string of the molecule is COc1ccc(-c2cnc3c(NC(C)=O)cc(-c4cccc(CC(C)=O)c4)cn23)cc1OC. The van der Waals surface area contributed by atoms with Gasteiger partial charge < -0.3 is 14.8 Å². The maximum atomic E-state index is 11.9. The maximum absolute atomic E-state index is 11.9. The smallest absolute Gasteiger partial charge is 0.221 e. The van der Waals surface area contributed by atoms with Crippen molar-refractivity contribution in [3.8, 4) is 33.9 Å². The van der Waals surface area contributed by atoms with Gasteiger partial charge >= 0.3 is 0 Å². The Morgan fingerprint density at radius 3 is 2.42 bits per heavy atom. The lowest BCUT2D eigenvalue weighted by atomic mass is 10.0. The van der Waals surface area contributed by atoms with E-state index in [-0.39, 0.29) is 11.7 Å². The fraction of sp³-hybridized carbons (Fsp3) is 0.192. The number of nitrogens with one attached hydrogen (secondary N) is 1. The second kappa shape index (κ2) is 9.16. The topological polar surface area (TPSA) is 81.9 Å². The number of pyridine rings is 1. The van der Waals surface area contributed by atoms with E-state index in [9.17, 15) is 9.59 Å². The standard InChI is InChI=1S/C26H25N3O4/c1-16(30)10-18-6-5-7-19(11-18)21-12-22(28-17(2)31)26-27-14-23(29(26)15-21)20-8-9-24(32-3)25(13-20)33-4/h5-9,11-15H,10H2,1-4H3,(H,28,31). The van der Waals surface area contributed by atoms with E-state index in [0.29, 0.717) is 29.3 Å². The molecule has 0 aliphatic carbocycles. The van der Waals surface area contributed by atoms with Crippen molar-refractivity contribution in [1.82, 2.24) is 9.38 Å². The van der Waals surface area contributed by atoms with Crippen LogP contribution in [-0.4, -0.2) is 35.3 Å². The number of hydrogen-bond donors (Lipinski definition) is 1. The molecule has 0 aliphatic rings. The number of Topliss-reactive ketones (excluding diaryl/α,β-unsaturated/α-hetero) is 1. The summed E-state index contributed by atoms with van der Waals surface area (Å²) < 4.78 is 12.8. The van der Waals surface area contributed by atoms with Gasteiger partial charge in [0.15, 0.2) is 17.1 Å². The highest BCUT2D eigenvalue weighted by Crippen LogP contribution is 2.35. The van der Waals surface area contributed by atoms with Gasteiger partial charge in [-0.2, -0.15) is 0 Å². The summed E-state index contributed by atoms with van der Waals surface area (Å²) in [6.07, 6.45) is 4.11. The summed E-state index contributed by atoms with van der Waals surface area (Å²) in [7, 11) is 3.19. The van der Waals surface area contributed by atoms with Crippen molar-refractivity contribution in [2.24, 2.45) is 0 Å². The molecule has 0 spiro atoms. The van der Waals surface area contributed by atoms with Crippen molar-refractivity contribution < 1.29 is 19.1 Å². The summed E-state index contributed by atoms with van der Waals surface area (Å²) in [5, 5.41) is 2.89. The number of ether oxygens (including phenoxy) is 2. The van der Waals surface area contributed by atoms with E-state index >= 15 is 0 Å². The lowest BCUT2D eigenvalue weighted by molar-refractivity contribution is -0.116. The molecule has 2 heterocycles. The van der Waals surface area contributed by atoms with Crippen LogP contribution < -0.4 is 14.8 Å². The Morgan fingerprint density at radius 1 is 0.939 bits per heavy atom. The van der Waals surface area contributed by atoms with E-state index in [4.69, 9.17) is 9.47 Å². The van der Waals surface area contributed by atoms with Crippen molar-refractivity contribution in [2.75, 3.05) is 19.5 Å². The van der Waals surface area contributed by atoms with Gasteiger partial charge in [-0.15, -0.1) is 0 Å². The summed E-state index contributed by atoms with van der Waals surface area (Å²) in [4.78, 5) is 28.1. The number of carbonyl (C=O) groups is 2. The van der Waals surface area contributed by atoms with E-state index in [1.807, 2.05) is 59.1 Å². The molecule has 7 heteroatoms. The largest absolute Gasteiger partial charge is 0.493 e. The third kappa shape index (κ3) is 4.57. The highest BCUT2D eigenvalue weighted by molar-refractivity contribution is 5.94. The molecule has 0 radical (unpaired) electrons. The Morgan fingerprint density at radius 2 is 1.73 bits per heavy atom. The first-order valence-electron chi connectivity index (χ1n) is 10.5. The van der Waals surface area contributed by atoms with E-state index in [1.54, 1.807) is 27.3 Å². The third-order valence-electron chi connectivity index (χ3n) is 5.31. The maximum Gasteiger partial charge on any atom is 0.221 e. The summed E-state index contributed by atoms with van der Waals surface area (Å²) in [5.74, 6) is 1.17. The molecule has 0 atom stereocenters. The lowest BCUT2D eigenvalue weighted by Gasteiger charge is -2.13. The number of amides is 1. The van der Waals surface area contributed by atoms with Crippen molar-refractivity contribution in [1.29, 1.82) is 0 Å². The quantitative estimate of drug-likeness (QED) is 0.445. The van der Waals surface area contributed by atoms with Crippen LogP contribution in [0.4, 0.5) is 5.69 Å². The van der Waals surface area contributed by atoms with Crippen molar-refractivity contribution in [3.05, 3.63) is 66.5 Å². The Labute approximate surface area is 192 Å². The molecule has 4 aromatic rings. The minimum Gasteiger partial charge on any atom is -0.493 e. The number of methoxy groups -OCH3 is 2.